The molecule has 0 spiro atoms. The van der Waals surface area contributed by atoms with Gasteiger partial charge in [-0.3, -0.25) is 0 Å². The van der Waals surface area contributed by atoms with Gasteiger partial charge in [0.1, 0.15) is 0 Å². The van der Waals surface area contributed by atoms with E-state index in [2.05, 4.69) is 312 Å². The van der Waals surface area contributed by atoms with Crippen LogP contribution in [0.25, 0.3) is 77.2 Å². The number of hydrogen-bond acceptors (Lipinski definition) is 0. The number of fused-ring (bicyclic) bond motifs is 9. The lowest BCUT2D eigenvalue weighted by molar-refractivity contribution is 0.770. The van der Waals surface area contributed by atoms with Crippen molar-refractivity contribution < 1.29 is 0 Å². The lowest BCUT2D eigenvalue weighted by Crippen LogP contribution is -2.74. The van der Waals surface area contributed by atoms with Gasteiger partial charge in [0.2, 0.25) is 0 Å². The average Bonchev–Trinajstić information content (AvgIpc) is 4.23. The molecule has 76 heavy (non-hydrogen) atoms. The van der Waals surface area contributed by atoms with E-state index in [1.165, 1.54) is 109 Å². The molecule has 0 saturated heterocycles. The average molecular weight is 983 g/mol. The van der Waals surface area contributed by atoms with Gasteiger partial charge in [0, 0.05) is 27.2 Å². The van der Waals surface area contributed by atoms with Crippen LogP contribution in [0.15, 0.2) is 303 Å². The first-order chi connectivity index (χ1) is 37.7. The van der Waals surface area contributed by atoms with E-state index >= 15 is 0 Å². The molecule has 14 aromatic rings. The molecule has 12 aromatic carbocycles. The number of rotatable bonds is 9. The minimum Gasteiger partial charge on any atom is -0.307 e. The smallest absolute Gasteiger partial charge is 0.179 e. The van der Waals surface area contributed by atoms with Crippen LogP contribution in [0.1, 0.15) is 22.3 Å². The highest BCUT2D eigenvalue weighted by molar-refractivity contribution is 7.19. The van der Waals surface area contributed by atoms with Gasteiger partial charge < -0.3 is 9.13 Å². The Hall–Kier alpha value is -9.54. The quantitative estimate of drug-likeness (QED) is 0.101. The summed E-state index contributed by atoms with van der Waals surface area (Å²) in [4.78, 5) is 0. The van der Waals surface area contributed by atoms with Crippen LogP contribution in [0.4, 0.5) is 0 Å². The molecule has 0 radical (unpaired) electrons. The monoisotopic (exact) mass is 982 g/mol. The van der Waals surface area contributed by atoms with Crippen LogP contribution < -0.4 is 20.7 Å². The maximum Gasteiger partial charge on any atom is 0.179 e. The zero-order valence-electron chi connectivity index (χ0n) is 41.8. The highest BCUT2D eigenvalue weighted by Crippen LogP contribution is 2.59. The number of nitrogens with zero attached hydrogens (tertiary/aromatic N) is 2. The van der Waals surface area contributed by atoms with Crippen LogP contribution in [-0.4, -0.2) is 17.2 Å². The highest BCUT2D eigenvalue weighted by Gasteiger charge is 2.47. The predicted octanol–water partition coefficient (Wildman–Crippen LogP) is 15.3. The molecule has 0 saturated carbocycles. The summed E-state index contributed by atoms with van der Waals surface area (Å²) < 4.78 is 5.02. The van der Waals surface area contributed by atoms with E-state index in [1.54, 1.807) is 0 Å². The fraction of sp³-hybridized carbons (Fsp3) is 0.0137. The molecule has 3 heteroatoms. The van der Waals surface area contributed by atoms with Crippen molar-refractivity contribution in [3.8, 4) is 33.6 Å². The van der Waals surface area contributed by atoms with Crippen molar-refractivity contribution in [2.75, 3.05) is 0 Å². The second kappa shape index (κ2) is 17.6. The van der Waals surface area contributed by atoms with Gasteiger partial charge >= 0.3 is 0 Å². The fourth-order valence-electron chi connectivity index (χ4n) is 13.5. The molecule has 1 aliphatic carbocycles. The zero-order chi connectivity index (χ0) is 50.2. The second-order valence-electron chi connectivity index (χ2n) is 20.3. The fourth-order valence-corrected chi connectivity index (χ4v) is 18.3. The minimum absolute atomic E-state index is 0.524. The maximum absolute atomic E-state index is 2.74. The third-order valence-corrected chi connectivity index (χ3v) is 21.3. The Morgan fingerprint density at radius 1 is 0.289 bits per heavy atom. The topological polar surface area (TPSA) is 9.86 Å². The predicted molar refractivity (Wildman–Crippen MR) is 321 cm³/mol. The first-order valence-corrected chi connectivity index (χ1v) is 28.4. The Bertz CT molecular complexity index is 4350. The Morgan fingerprint density at radius 3 is 1.36 bits per heavy atom. The number of aromatic nitrogens is 2. The van der Waals surface area contributed by atoms with Gasteiger partial charge in [-0.15, -0.1) is 0 Å². The van der Waals surface area contributed by atoms with Crippen LogP contribution in [0.3, 0.4) is 0 Å². The lowest BCUT2D eigenvalue weighted by atomic mass is 9.66. The summed E-state index contributed by atoms with van der Waals surface area (Å²) in [5, 5.41) is 10.3. The maximum atomic E-state index is 2.52. The van der Waals surface area contributed by atoms with Gasteiger partial charge in [-0.1, -0.05) is 261 Å². The Labute approximate surface area is 443 Å². The number of benzene rings is 12. The van der Waals surface area contributed by atoms with Gasteiger partial charge in [0.25, 0.3) is 0 Å². The Kier molecular flexibility index (Phi) is 10.2. The largest absolute Gasteiger partial charge is 0.307 e. The molecule has 0 N–H and O–H groups in total. The van der Waals surface area contributed by atoms with Crippen molar-refractivity contribution in [2.45, 2.75) is 5.41 Å². The molecule has 0 fully saturated rings. The van der Waals surface area contributed by atoms with Gasteiger partial charge in [-0.05, 0) is 108 Å². The zero-order valence-corrected chi connectivity index (χ0v) is 42.8. The van der Waals surface area contributed by atoms with Crippen LogP contribution in [0, 0.1) is 0 Å². The number of para-hydroxylation sites is 3. The molecule has 2 aromatic heterocycles. The molecule has 0 aliphatic heterocycles. The summed E-state index contributed by atoms with van der Waals surface area (Å²) in [6.07, 6.45) is 0. The van der Waals surface area contributed by atoms with Crippen LogP contribution in [0.5, 0.6) is 0 Å². The van der Waals surface area contributed by atoms with E-state index in [0.29, 0.717) is 0 Å². The summed E-state index contributed by atoms with van der Waals surface area (Å²) in [6.45, 7) is 0. The molecular formula is C73H50N2Si. The van der Waals surface area contributed by atoms with E-state index in [4.69, 9.17) is 0 Å². The molecule has 0 unspecified atom stereocenters. The van der Waals surface area contributed by atoms with E-state index in [-0.39, 0.29) is 0 Å². The first kappa shape index (κ1) is 44.0. The van der Waals surface area contributed by atoms with Gasteiger partial charge in [0.15, 0.2) is 8.07 Å². The van der Waals surface area contributed by atoms with Crippen molar-refractivity contribution in [2.24, 2.45) is 0 Å². The SMILES string of the molecule is c1ccc(C2(c3ccccc3)c3ccccc3-c3cccc(-c4ccc5c(c4)c4ccccc4n5-c4cccc5c6ccccc6n(-c6ccc([Si](c7ccccc7)(c7ccccc7)c7ccccc7)cc6)c45)c32)cc1. The van der Waals surface area contributed by atoms with Crippen LogP contribution in [-0.2, 0) is 5.41 Å². The normalized spacial score (nSPS) is 12.8. The Balaban J connectivity index is 0.946. The summed E-state index contributed by atoms with van der Waals surface area (Å²) >= 11 is 0. The number of hydrogen-bond donors (Lipinski definition) is 0. The molecule has 0 bridgehead atoms. The van der Waals surface area contributed by atoms with E-state index in [1.807, 2.05) is 0 Å². The van der Waals surface area contributed by atoms with Crippen LogP contribution >= 0.6 is 0 Å². The van der Waals surface area contributed by atoms with Crippen molar-refractivity contribution in [3.63, 3.8) is 0 Å². The molecule has 1 aliphatic rings. The minimum atomic E-state index is -2.74. The summed E-state index contributed by atoms with van der Waals surface area (Å²) in [5.41, 5.74) is 16.6. The van der Waals surface area contributed by atoms with Gasteiger partial charge in [-0.25, -0.2) is 0 Å². The van der Waals surface area contributed by atoms with Gasteiger partial charge in [0.05, 0.1) is 33.2 Å². The standard InChI is InChI=1S/C73H50N2Si/c1-6-24-52(25-7-1)73(53-26-8-2-9-27-53)66-40-19-16-34-60(66)63-38-22-37-59(71(63)73)51-44-49-69-65(50-51)62-36-18-21-42-68(62)75(69)70-43-23-39-64-61-35-17-20-41-67(61)74(72(64)70)54-45-47-58(48-46-54)76(55-28-10-3-11-29-55,56-30-12-4-13-31-56)57-32-14-5-15-33-57/h1-50H. The summed E-state index contributed by atoms with van der Waals surface area (Å²) in [7, 11) is -2.74. The summed E-state index contributed by atoms with van der Waals surface area (Å²) in [6, 6.07) is 113. The first-order valence-electron chi connectivity index (χ1n) is 26.4. The molecule has 356 valence electrons. The molecule has 15 rings (SSSR count). The molecule has 2 heterocycles. The van der Waals surface area contributed by atoms with Crippen molar-refractivity contribution in [1.29, 1.82) is 0 Å². The molecular weight excluding hydrogens is 933 g/mol. The lowest BCUT2D eigenvalue weighted by Gasteiger charge is -2.35. The van der Waals surface area contributed by atoms with E-state index in [9.17, 15) is 0 Å². The Morgan fingerprint density at radius 2 is 0.737 bits per heavy atom. The van der Waals surface area contributed by atoms with Crippen molar-refractivity contribution in [3.05, 3.63) is 326 Å². The van der Waals surface area contributed by atoms with Crippen LogP contribution in [0.2, 0.25) is 0 Å². The second-order valence-corrected chi connectivity index (χ2v) is 24.1. The van der Waals surface area contributed by atoms with Gasteiger partial charge in [-0.2, -0.15) is 0 Å². The third-order valence-electron chi connectivity index (χ3n) is 16.6. The molecule has 0 atom stereocenters. The highest BCUT2D eigenvalue weighted by atomic mass is 28.3. The third kappa shape index (κ3) is 6.33. The summed E-state index contributed by atoms with van der Waals surface area (Å²) in [5.74, 6) is 0. The molecule has 2 nitrogen and oxygen atoms in total. The van der Waals surface area contributed by atoms with Crippen molar-refractivity contribution >= 4 is 72.4 Å². The van der Waals surface area contributed by atoms with E-state index in [0.717, 1.165) is 11.4 Å². The van der Waals surface area contributed by atoms with E-state index < -0.39 is 13.5 Å². The molecule has 0 amide bonds. The van der Waals surface area contributed by atoms with Crippen molar-refractivity contribution in [1.82, 2.24) is 9.13 Å².